The highest BCUT2D eigenvalue weighted by Gasteiger charge is 2.16. The maximum atomic E-state index is 12.1. The first-order valence-corrected chi connectivity index (χ1v) is 6.84. The molecule has 0 heterocycles. The lowest BCUT2D eigenvalue weighted by atomic mass is 10.1. The zero-order valence-corrected chi connectivity index (χ0v) is 12.5. The second kappa shape index (κ2) is 7.37. The summed E-state index contributed by atoms with van der Waals surface area (Å²) in [5, 5.41) is 22.9. The zero-order chi connectivity index (χ0) is 16.8. The summed E-state index contributed by atoms with van der Waals surface area (Å²) in [4.78, 5) is 22.0. The van der Waals surface area contributed by atoms with Gasteiger partial charge in [0, 0.05) is 25.3 Å². The van der Waals surface area contributed by atoms with Gasteiger partial charge in [-0.15, -0.1) is 0 Å². The van der Waals surface area contributed by atoms with Gasteiger partial charge in [0.1, 0.15) is 0 Å². The van der Waals surface area contributed by atoms with Gasteiger partial charge in [-0.05, 0) is 23.3 Å². The first-order chi connectivity index (χ1) is 11.0. The van der Waals surface area contributed by atoms with Gasteiger partial charge in [-0.2, -0.15) is 0 Å². The standard InChI is InChI=1S/C16H16N2O5/c1-23-10-13-5-3-2-4-12(13)9-17-16(20)11-6-7-14(18(21)22)15(19)8-11/h2-8,19H,9-10H2,1H3,(H,17,20). The molecule has 0 fully saturated rings. The van der Waals surface area contributed by atoms with Crippen LogP contribution in [-0.2, 0) is 17.9 Å². The number of nitro benzene ring substituents is 1. The molecule has 0 unspecified atom stereocenters. The molecule has 0 aromatic heterocycles. The number of ether oxygens (including phenoxy) is 1. The third-order valence-electron chi connectivity index (χ3n) is 3.29. The van der Waals surface area contributed by atoms with E-state index in [1.54, 1.807) is 7.11 Å². The fourth-order valence-corrected chi connectivity index (χ4v) is 2.12. The van der Waals surface area contributed by atoms with Crippen molar-refractivity contribution in [3.8, 4) is 5.75 Å². The van der Waals surface area contributed by atoms with E-state index in [9.17, 15) is 20.0 Å². The highest BCUT2D eigenvalue weighted by molar-refractivity contribution is 5.95. The van der Waals surface area contributed by atoms with Gasteiger partial charge >= 0.3 is 5.69 Å². The summed E-state index contributed by atoms with van der Waals surface area (Å²) < 4.78 is 5.10. The van der Waals surface area contributed by atoms with E-state index in [-0.39, 0.29) is 12.1 Å². The Kier molecular flexibility index (Phi) is 5.27. The van der Waals surface area contributed by atoms with Crippen molar-refractivity contribution in [1.29, 1.82) is 0 Å². The van der Waals surface area contributed by atoms with Crippen molar-refractivity contribution < 1.29 is 19.6 Å². The zero-order valence-electron chi connectivity index (χ0n) is 12.5. The molecule has 0 saturated carbocycles. The molecule has 0 spiro atoms. The van der Waals surface area contributed by atoms with Crippen LogP contribution >= 0.6 is 0 Å². The van der Waals surface area contributed by atoms with E-state index in [1.165, 1.54) is 6.07 Å². The van der Waals surface area contributed by atoms with Gasteiger partial charge in [-0.3, -0.25) is 14.9 Å². The van der Waals surface area contributed by atoms with Crippen LogP contribution in [0.1, 0.15) is 21.5 Å². The van der Waals surface area contributed by atoms with Crippen molar-refractivity contribution in [3.63, 3.8) is 0 Å². The molecule has 23 heavy (non-hydrogen) atoms. The van der Waals surface area contributed by atoms with E-state index in [0.29, 0.717) is 6.61 Å². The molecule has 0 aliphatic carbocycles. The number of hydrogen-bond acceptors (Lipinski definition) is 5. The van der Waals surface area contributed by atoms with Crippen LogP contribution in [0.4, 0.5) is 5.69 Å². The molecule has 0 atom stereocenters. The fourth-order valence-electron chi connectivity index (χ4n) is 2.12. The van der Waals surface area contributed by atoms with Crippen molar-refractivity contribution in [2.24, 2.45) is 0 Å². The molecule has 0 aliphatic rings. The Balaban J connectivity index is 2.08. The molecule has 120 valence electrons. The number of carbonyl (C=O) groups is 1. The first-order valence-electron chi connectivity index (χ1n) is 6.84. The topological polar surface area (TPSA) is 102 Å². The van der Waals surface area contributed by atoms with Crippen molar-refractivity contribution >= 4 is 11.6 Å². The number of nitrogens with zero attached hydrogens (tertiary/aromatic N) is 1. The van der Waals surface area contributed by atoms with Gasteiger partial charge in [0.25, 0.3) is 5.91 Å². The van der Waals surface area contributed by atoms with Crippen molar-refractivity contribution in [2.75, 3.05) is 7.11 Å². The van der Waals surface area contributed by atoms with E-state index in [1.807, 2.05) is 24.3 Å². The molecule has 2 aromatic rings. The summed E-state index contributed by atoms with van der Waals surface area (Å²) in [7, 11) is 1.59. The van der Waals surface area contributed by atoms with E-state index in [0.717, 1.165) is 23.3 Å². The molecular weight excluding hydrogens is 300 g/mol. The van der Waals surface area contributed by atoms with Crippen LogP contribution in [0.3, 0.4) is 0 Å². The quantitative estimate of drug-likeness (QED) is 0.629. The lowest BCUT2D eigenvalue weighted by molar-refractivity contribution is -0.385. The number of aromatic hydroxyl groups is 1. The molecule has 1 amide bonds. The number of rotatable bonds is 6. The van der Waals surface area contributed by atoms with Gasteiger partial charge in [-0.25, -0.2) is 0 Å². The van der Waals surface area contributed by atoms with Crippen LogP contribution in [-0.4, -0.2) is 23.0 Å². The lowest BCUT2D eigenvalue weighted by Gasteiger charge is -2.10. The number of nitrogens with one attached hydrogen (secondary N) is 1. The Labute approximate surface area is 132 Å². The van der Waals surface area contributed by atoms with E-state index in [2.05, 4.69) is 5.32 Å². The number of methoxy groups -OCH3 is 1. The lowest BCUT2D eigenvalue weighted by Crippen LogP contribution is -2.23. The average molecular weight is 316 g/mol. The summed E-state index contributed by atoms with van der Waals surface area (Å²) in [6.45, 7) is 0.723. The average Bonchev–Trinajstić information content (AvgIpc) is 2.53. The second-order valence-electron chi connectivity index (χ2n) is 4.85. The Hall–Kier alpha value is -2.93. The van der Waals surface area contributed by atoms with Crippen molar-refractivity contribution in [1.82, 2.24) is 5.32 Å². The molecule has 0 bridgehead atoms. The third kappa shape index (κ3) is 4.04. The second-order valence-corrected chi connectivity index (χ2v) is 4.85. The smallest absolute Gasteiger partial charge is 0.310 e. The summed E-state index contributed by atoms with van der Waals surface area (Å²) in [5.41, 5.74) is 1.58. The van der Waals surface area contributed by atoms with E-state index in [4.69, 9.17) is 4.74 Å². The minimum Gasteiger partial charge on any atom is -0.502 e. The largest absolute Gasteiger partial charge is 0.502 e. The fraction of sp³-hybridized carbons (Fsp3) is 0.188. The maximum Gasteiger partial charge on any atom is 0.310 e. The molecule has 0 radical (unpaired) electrons. The molecule has 2 rings (SSSR count). The highest BCUT2D eigenvalue weighted by Crippen LogP contribution is 2.26. The normalized spacial score (nSPS) is 10.3. The SMILES string of the molecule is COCc1ccccc1CNC(=O)c1ccc([N+](=O)[O-])c(O)c1. The van der Waals surface area contributed by atoms with E-state index < -0.39 is 22.3 Å². The minimum absolute atomic E-state index is 0.150. The molecule has 2 N–H and O–H groups in total. The van der Waals surface area contributed by atoms with Crippen LogP contribution in [0.5, 0.6) is 5.75 Å². The number of hydrogen-bond donors (Lipinski definition) is 2. The number of amides is 1. The minimum atomic E-state index is -0.710. The van der Waals surface area contributed by atoms with E-state index >= 15 is 0 Å². The summed E-state index contributed by atoms with van der Waals surface area (Å²) in [5.74, 6) is -0.968. The Bertz CT molecular complexity index is 730. The Morgan fingerprint density at radius 3 is 2.57 bits per heavy atom. The van der Waals surface area contributed by atoms with Crippen molar-refractivity contribution in [3.05, 3.63) is 69.3 Å². The predicted octanol–water partition coefficient (Wildman–Crippen LogP) is 2.38. The first kappa shape index (κ1) is 16.4. The van der Waals surface area contributed by atoms with Crippen LogP contribution in [0, 0.1) is 10.1 Å². The number of benzene rings is 2. The van der Waals surface area contributed by atoms with Crippen LogP contribution in [0.15, 0.2) is 42.5 Å². The van der Waals surface area contributed by atoms with Gasteiger partial charge < -0.3 is 15.2 Å². The van der Waals surface area contributed by atoms with Gasteiger partial charge in [-0.1, -0.05) is 24.3 Å². The summed E-state index contributed by atoms with van der Waals surface area (Å²) in [6.07, 6.45) is 0. The van der Waals surface area contributed by atoms with Crippen LogP contribution in [0.2, 0.25) is 0 Å². The molecule has 7 nitrogen and oxygen atoms in total. The Morgan fingerprint density at radius 1 is 1.26 bits per heavy atom. The predicted molar refractivity (Wildman–Crippen MR) is 83.1 cm³/mol. The molecule has 0 saturated heterocycles. The number of nitro groups is 1. The molecule has 2 aromatic carbocycles. The molecule has 0 aliphatic heterocycles. The molecular formula is C16H16N2O5. The summed E-state index contributed by atoms with van der Waals surface area (Å²) >= 11 is 0. The van der Waals surface area contributed by atoms with Crippen molar-refractivity contribution in [2.45, 2.75) is 13.2 Å². The van der Waals surface area contributed by atoms with Gasteiger partial charge in [0.2, 0.25) is 0 Å². The highest BCUT2D eigenvalue weighted by atomic mass is 16.6. The van der Waals surface area contributed by atoms with Gasteiger partial charge in [0.05, 0.1) is 11.5 Å². The number of phenolic OH excluding ortho intramolecular Hbond substituents is 1. The summed E-state index contributed by atoms with van der Waals surface area (Å²) in [6, 6.07) is 11.0. The maximum absolute atomic E-state index is 12.1. The van der Waals surface area contributed by atoms with Crippen LogP contribution < -0.4 is 5.32 Å². The third-order valence-corrected chi connectivity index (χ3v) is 3.29. The number of phenols is 1. The molecule has 7 heteroatoms. The number of carbonyl (C=O) groups excluding carboxylic acids is 1. The van der Waals surface area contributed by atoms with Crippen LogP contribution in [0.25, 0.3) is 0 Å². The monoisotopic (exact) mass is 316 g/mol. The van der Waals surface area contributed by atoms with Gasteiger partial charge in [0.15, 0.2) is 5.75 Å². The Morgan fingerprint density at radius 2 is 1.96 bits per heavy atom.